The fraction of sp³-hybridized carbons (Fsp3) is 0.500. The number of aromatic nitrogens is 1. The number of benzene rings is 1. The highest BCUT2D eigenvalue weighted by Crippen LogP contribution is 2.39. The van der Waals surface area contributed by atoms with Crippen LogP contribution in [0.4, 0.5) is 20.3 Å². The van der Waals surface area contributed by atoms with Crippen LogP contribution in [-0.4, -0.2) is 64.2 Å². The van der Waals surface area contributed by atoms with Gasteiger partial charge in [0, 0.05) is 38.2 Å². The molecule has 7 nitrogen and oxygen atoms in total. The van der Waals surface area contributed by atoms with Crippen LogP contribution in [0.25, 0.3) is 0 Å². The van der Waals surface area contributed by atoms with Crippen molar-refractivity contribution in [2.45, 2.75) is 23.8 Å². The van der Waals surface area contributed by atoms with Gasteiger partial charge in [-0.1, -0.05) is 18.5 Å². The summed E-state index contributed by atoms with van der Waals surface area (Å²) in [5.41, 5.74) is 0.974. The van der Waals surface area contributed by atoms with Gasteiger partial charge < -0.3 is 14.5 Å². The second-order valence-corrected chi connectivity index (χ2v) is 9.92. The van der Waals surface area contributed by atoms with Crippen LogP contribution < -0.4 is 9.62 Å². The Labute approximate surface area is 183 Å². The third kappa shape index (κ3) is 4.54. The zero-order valence-corrected chi connectivity index (χ0v) is 19.2. The van der Waals surface area contributed by atoms with E-state index < -0.39 is 37.2 Å². The average Bonchev–Trinajstić information content (AvgIpc) is 3.34. The molecule has 1 aliphatic rings. The van der Waals surface area contributed by atoms with Crippen LogP contribution in [0.2, 0.25) is 5.02 Å². The minimum absolute atomic E-state index is 0.0246. The number of rotatable bonds is 8. The summed E-state index contributed by atoms with van der Waals surface area (Å²) >= 11 is 7.31. The van der Waals surface area contributed by atoms with Crippen molar-refractivity contribution in [3.8, 4) is 0 Å². The highest BCUT2D eigenvalue weighted by atomic mass is 35.5. The van der Waals surface area contributed by atoms with Crippen molar-refractivity contribution in [2.75, 3.05) is 50.0 Å². The van der Waals surface area contributed by atoms with Gasteiger partial charge in [0.05, 0.1) is 16.8 Å². The first-order chi connectivity index (χ1) is 14.1. The molecule has 2 heterocycles. The Hall–Kier alpha value is -1.53. The SMILES string of the molecule is CCN(C)C[C@@]1(OC)CCN(c2cc(F)c(S(=O)(=O)Nc3cscn3)c(F)c2Cl)C1. The Morgan fingerprint density at radius 1 is 1.47 bits per heavy atom. The molecule has 0 saturated carbocycles. The molecule has 1 saturated heterocycles. The first-order valence-electron chi connectivity index (χ1n) is 9.19. The van der Waals surface area contributed by atoms with Crippen LogP contribution in [0.15, 0.2) is 21.9 Å². The molecule has 1 fully saturated rings. The van der Waals surface area contributed by atoms with Crippen molar-refractivity contribution in [3.63, 3.8) is 0 Å². The standard InChI is InChI=1S/C18H23ClF2N4O3S2/c1-4-24(2)9-18(28-3)5-6-25(10-18)13-7-12(20)17(16(21)15(13)19)30(26,27)23-14-8-29-11-22-14/h7-8,11,23H,4-6,9-10H2,1-3H3/t18-/m0/s1. The number of ether oxygens (including phenoxy) is 1. The quantitative estimate of drug-likeness (QED) is 0.583. The Kier molecular flexibility index (Phi) is 6.87. The summed E-state index contributed by atoms with van der Waals surface area (Å²) in [7, 11) is -0.975. The van der Waals surface area contributed by atoms with E-state index in [2.05, 4.69) is 14.6 Å². The normalized spacial score (nSPS) is 19.6. The Morgan fingerprint density at radius 2 is 2.20 bits per heavy atom. The molecular formula is C18H23ClF2N4O3S2. The van der Waals surface area contributed by atoms with Gasteiger partial charge in [0.1, 0.15) is 10.8 Å². The fourth-order valence-electron chi connectivity index (χ4n) is 3.51. The van der Waals surface area contributed by atoms with Crippen LogP contribution in [0.5, 0.6) is 0 Å². The molecule has 12 heteroatoms. The maximum atomic E-state index is 15.0. The number of hydrogen-bond donors (Lipinski definition) is 1. The molecule has 1 aromatic carbocycles. The van der Waals surface area contributed by atoms with Crippen LogP contribution in [0.3, 0.4) is 0 Å². The molecular weight excluding hydrogens is 458 g/mol. The second kappa shape index (κ2) is 8.91. The van der Waals surface area contributed by atoms with E-state index in [1.54, 1.807) is 12.0 Å². The molecule has 30 heavy (non-hydrogen) atoms. The van der Waals surface area contributed by atoms with Crippen molar-refractivity contribution in [1.29, 1.82) is 0 Å². The van der Waals surface area contributed by atoms with Crippen molar-refractivity contribution in [3.05, 3.63) is 33.6 Å². The van der Waals surface area contributed by atoms with Crippen LogP contribution in [-0.2, 0) is 14.8 Å². The van der Waals surface area contributed by atoms with Crippen LogP contribution in [0.1, 0.15) is 13.3 Å². The van der Waals surface area contributed by atoms with E-state index in [1.165, 1.54) is 10.9 Å². The number of nitrogens with zero attached hydrogens (tertiary/aromatic N) is 3. The van der Waals surface area contributed by atoms with Gasteiger partial charge in [0.2, 0.25) is 0 Å². The number of sulfonamides is 1. The van der Waals surface area contributed by atoms with Gasteiger partial charge in [-0.05, 0) is 20.0 Å². The third-order valence-electron chi connectivity index (χ3n) is 5.23. The summed E-state index contributed by atoms with van der Waals surface area (Å²) in [6.45, 7) is 4.33. The summed E-state index contributed by atoms with van der Waals surface area (Å²) in [5.74, 6) is -2.59. The predicted molar refractivity (Wildman–Crippen MR) is 114 cm³/mol. The summed E-state index contributed by atoms with van der Waals surface area (Å²) in [6, 6.07) is 0.955. The fourth-order valence-corrected chi connectivity index (χ4v) is 5.53. The van der Waals surface area contributed by atoms with E-state index >= 15 is 0 Å². The van der Waals surface area contributed by atoms with Crippen molar-refractivity contribution in [1.82, 2.24) is 9.88 Å². The number of nitrogens with one attached hydrogen (secondary N) is 1. The topological polar surface area (TPSA) is 74.8 Å². The van der Waals surface area contributed by atoms with Gasteiger partial charge in [-0.3, -0.25) is 4.72 Å². The number of likely N-dealkylation sites (N-methyl/N-ethyl adjacent to an activating group) is 1. The zero-order valence-electron chi connectivity index (χ0n) is 16.8. The third-order valence-corrected chi connectivity index (χ3v) is 7.56. The largest absolute Gasteiger partial charge is 0.375 e. The summed E-state index contributed by atoms with van der Waals surface area (Å²) < 4.78 is 62.6. The molecule has 166 valence electrons. The minimum Gasteiger partial charge on any atom is -0.375 e. The van der Waals surface area contributed by atoms with E-state index in [9.17, 15) is 17.2 Å². The van der Waals surface area contributed by atoms with E-state index in [0.29, 0.717) is 26.1 Å². The smallest absolute Gasteiger partial charge is 0.268 e. The monoisotopic (exact) mass is 480 g/mol. The van der Waals surface area contributed by atoms with Crippen molar-refractivity contribution in [2.24, 2.45) is 0 Å². The highest BCUT2D eigenvalue weighted by molar-refractivity contribution is 7.92. The summed E-state index contributed by atoms with van der Waals surface area (Å²) in [4.78, 5) is 6.44. The Morgan fingerprint density at radius 3 is 2.80 bits per heavy atom. The van der Waals surface area contributed by atoms with Crippen molar-refractivity contribution < 1.29 is 21.9 Å². The molecule has 1 atom stereocenters. The highest BCUT2D eigenvalue weighted by Gasteiger charge is 2.41. The van der Waals surface area contributed by atoms with E-state index in [-0.39, 0.29) is 11.5 Å². The first-order valence-corrected chi connectivity index (χ1v) is 12.0. The first kappa shape index (κ1) is 23.1. The van der Waals surface area contributed by atoms with Gasteiger partial charge in [0.25, 0.3) is 10.0 Å². The lowest BCUT2D eigenvalue weighted by molar-refractivity contribution is -0.0136. The lowest BCUT2D eigenvalue weighted by Crippen LogP contribution is -2.45. The molecule has 0 aliphatic carbocycles. The molecule has 0 spiro atoms. The molecule has 1 N–H and O–H groups in total. The molecule has 1 aromatic heterocycles. The maximum absolute atomic E-state index is 15.0. The molecule has 0 unspecified atom stereocenters. The van der Waals surface area contributed by atoms with E-state index in [4.69, 9.17) is 16.3 Å². The van der Waals surface area contributed by atoms with Gasteiger partial charge in [-0.15, -0.1) is 11.3 Å². The van der Waals surface area contributed by atoms with E-state index in [1.807, 2.05) is 14.0 Å². The summed E-state index contributed by atoms with van der Waals surface area (Å²) in [5, 5.41) is 0.955. The van der Waals surface area contributed by atoms with E-state index in [0.717, 1.165) is 23.9 Å². The molecule has 2 aromatic rings. The number of halogens is 3. The van der Waals surface area contributed by atoms with Gasteiger partial charge in [-0.2, -0.15) is 0 Å². The Balaban J connectivity index is 1.92. The van der Waals surface area contributed by atoms with Gasteiger partial charge in [0.15, 0.2) is 16.5 Å². The van der Waals surface area contributed by atoms with Gasteiger partial charge >= 0.3 is 0 Å². The number of hydrogen-bond acceptors (Lipinski definition) is 7. The lowest BCUT2D eigenvalue weighted by Gasteiger charge is -2.32. The molecule has 0 bridgehead atoms. The average molecular weight is 481 g/mol. The number of methoxy groups -OCH3 is 1. The molecule has 0 radical (unpaired) electrons. The summed E-state index contributed by atoms with van der Waals surface area (Å²) in [6.07, 6.45) is 0.638. The van der Waals surface area contributed by atoms with Crippen molar-refractivity contribution >= 4 is 44.5 Å². The predicted octanol–water partition coefficient (Wildman–Crippen LogP) is 3.42. The van der Waals surface area contributed by atoms with Crippen LogP contribution in [0, 0.1) is 11.6 Å². The number of thiazole rings is 1. The van der Waals surface area contributed by atoms with Gasteiger partial charge in [-0.25, -0.2) is 22.2 Å². The molecule has 1 aliphatic heterocycles. The Bertz CT molecular complexity index is 1010. The lowest BCUT2D eigenvalue weighted by atomic mass is 10.0. The molecule has 3 rings (SSSR count). The minimum atomic E-state index is -4.54. The zero-order chi connectivity index (χ0) is 22.1. The molecule has 0 amide bonds. The maximum Gasteiger partial charge on any atom is 0.268 e. The second-order valence-electron chi connectivity index (χ2n) is 7.20. The van der Waals surface area contributed by atoms with Crippen LogP contribution >= 0.6 is 22.9 Å². The number of anilines is 2.